The van der Waals surface area contributed by atoms with Crippen LogP contribution >= 0.6 is 0 Å². The molecular formula is C11H25NO2. The van der Waals surface area contributed by atoms with Crippen molar-refractivity contribution in [2.75, 3.05) is 19.8 Å². The predicted molar refractivity (Wildman–Crippen MR) is 59.5 cm³/mol. The smallest absolute Gasteiger partial charge is 0.0741 e. The highest BCUT2D eigenvalue weighted by molar-refractivity contribution is 4.79. The molecule has 0 aliphatic heterocycles. The Morgan fingerprint density at radius 1 is 1.36 bits per heavy atom. The molecule has 14 heavy (non-hydrogen) atoms. The van der Waals surface area contributed by atoms with Crippen molar-refractivity contribution in [2.45, 2.75) is 52.2 Å². The van der Waals surface area contributed by atoms with Crippen LogP contribution in [0.15, 0.2) is 0 Å². The number of hydrogen-bond donors (Lipinski definition) is 2. The summed E-state index contributed by atoms with van der Waals surface area (Å²) < 4.78 is 5.35. The topological polar surface area (TPSA) is 41.5 Å². The van der Waals surface area contributed by atoms with Crippen molar-refractivity contribution in [2.24, 2.45) is 0 Å². The van der Waals surface area contributed by atoms with Gasteiger partial charge in [0, 0.05) is 19.3 Å². The van der Waals surface area contributed by atoms with Crippen molar-refractivity contribution >= 4 is 0 Å². The van der Waals surface area contributed by atoms with E-state index in [0.29, 0.717) is 0 Å². The zero-order chi connectivity index (χ0) is 11.0. The molecule has 0 heterocycles. The molecule has 0 rings (SSSR count). The summed E-state index contributed by atoms with van der Waals surface area (Å²) in [5, 5.41) is 12.9. The second-order valence-electron chi connectivity index (χ2n) is 4.30. The van der Waals surface area contributed by atoms with Gasteiger partial charge in [0.15, 0.2) is 0 Å². The van der Waals surface area contributed by atoms with E-state index in [-0.39, 0.29) is 6.04 Å². The van der Waals surface area contributed by atoms with Crippen molar-refractivity contribution in [1.29, 1.82) is 0 Å². The van der Waals surface area contributed by atoms with E-state index in [4.69, 9.17) is 4.74 Å². The van der Waals surface area contributed by atoms with Gasteiger partial charge in [0.05, 0.1) is 5.60 Å². The van der Waals surface area contributed by atoms with Crippen LogP contribution in [0, 0.1) is 0 Å². The lowest BCUT2D eigenvalue weighted by atomic mass is 10.0. The van der Waals surface area contributed by atoms with E-state index in [2.05, 4.69) is 12.2 Å². The van der Waals surface area contributed by atoms with Crippen molar-refractivity contribution in [1.82, 2.24) is 5.32 Å². The Bertz CT molecular complexity index is 132. The van der Waals surface area contributed by atoms with Crippen molar-refractivity contribution in [3.63, 3.8) is 0 Å². The molecule has 3 nitrogen and oxygen atoms in total. The Hall–Kier alpha value is -0.120. The minimum atomic E-state index is -0.649. The van der Waals surface area contributed by atoms with Gasteiger partial charge in [-0.15, -0.1) is 0 Å². The molecule has 86 valence electrons. The van der Waals surface area contributed by atoms with Crippen molar-refractivity contribution in [3.8, 4) is 0 Å². The van der Waals surface area contributed by atoms with E-state index in [0.717, 1.165) is 32.6 Å². The SMILES string of the molecule is CCCOCCCNC(C)C(C)(C)O. The Kier molecular flexibility index (Phi) is 7.15. The summed E-state index contributed by atoms with van der Waals surface area (Å²) >= 11 is 0. The van der Waals surface area contributed by atoms with E-state index < -0.39 is 5.60 Å². The van der Waals surface area contributed by atoms with Gasteiger partial charge in [-0.1, -0.05) is 6.92 Å². The minimum absolute atomic E-state index is 0.119. The molecule has 0 aliphatic rings. The van der Waals surface area contributed by atoms with E-state index in [1.54, 1.807) is 0 Å². The summed E-state index contributed by atoms with van der Waals surface area (Å²) in [5.41, 5.74) is -0.649. The molecule has 0 aromatic heterocycles. The summed E-state index contributed by atoms with van der Waals surface area (Å²) in [6.45, 7) is 10.3. The van der Waals surface area contributed by atoms with Crippen LogP contribution < -0.4 is 5.32 Å². The summed E-state index contributed by atoms with van der Waals surface area (Å²) in [5.74, 6) is 0. The number of aliphatic hydroxyl groups is 1. The normalized spacial score (nSPS) is 14.4. The minimum Gasteiger partial charge on any atom is -0.389 e. The third kappa shape index (κ3) is 7.30. The molecular weight excluding hydrogens is 178 g/mol. The molecule has 0 fully saturated rings. The van der Waals surface area contributed by atoms with Gasteiger partial charge in [0.1, 0.15) is 0 Å². The van der Waals surface area contributed by atoms with Gasteiger partial charge in [-0.2, -0.15) is 0 Å². The molecule has 1 atom stereocenters. The van der Waals surface area contributed by atoms with Crippen molar-refractivity contribution < 1.29 is 9.84 Å². The first-order chi connectivity index (χ1) is 6.48. The highest BCUT2D eigenvalue weighted by atomic mass is 16.5. The molecule has 2 N–H and O–H groups in total. The Labute approximate surface area is 87.8 Å². The van der Waals surface area contributed by atoms with Crippen LogP contribution in [0.4, 0.5) is 0 Å². The summed E-state index contributed by atoms with van der Waals surface area (Å²) in [6, 6.07) is 0.119. The standard InChI is InChI=1S/C11H25NO2/c1-5-8-14-9-6-7-12-10(2)11(3,4)13/h10,12-13H,5-9H2,1-4H3. The highest BCUT2D eigenvalue weighted by Crippen LogP contribution is 2.06. The summed E-state index contributed by atoms with van der Waals surface area (Å²) in [7, 11) is 0. The quantitative estimate of drug-likeness (QED) is 0.588. The molecule has 0 amide bonds. The average molecular weight is 203 g/mol. The van der Waals surface area contributed by atoms with Gasteiger partial charge < -0.3 is 15.2 Å². The summed E-state index contributed by atoms with van der Waals surface area (Å²) in [6.07, 6.45) is 2.08. The lowest BCUT2D eigenvalue weighted by Gasteiger charge is -2.26. The molecule has 1 unspecified atom stereocenters. The number of rotatable bonds is 8. The van der Waals surface area contributed by atoms with Crippen LogP contribution in [0.25, 0.3) is 0 Å². The fourth-order valence-electron chi connectivity index (χ4n) is 0.989. The summed E-state index contributed by atoms with van der Waals surface area (Å²) in [4.78, 5) is 0. The average Bonchev–Trinajstić information content (AvgIpc) is 2.09. The van der Waals surface area contributed by atoms with Crippen LogP contribution in [0.3, 0.4) is 0 Å². The van der Waals surface area contributed by atoms with Crippen LogP contribution in [0.2, 0.25) is 0 Å². The van der Waals surface area contributed by atoms with E-state index in [9.17, 15) is 5.11 Å². The largest absolute Gasteiger partial charge is 0.389 e. The van der Waals surface area contributed by atoms with E-state index >= 15 is 0 Å². The lowest BCUT2D eigenvalue weighted by Crippen LogP contribution is -2.44. The predicted octanol–water partition coefficient (Wildman–Crippen LogP) is 1.55. The maximum Gasteiger partial charge on any atom is 0.0741 e. The fraction of sp³-hybridized carbons (Fsp3) is 1.00. The van der Waals surface area contributed by atoms with Gasteiger partial charge in [-0.25, -0.2) is 0 Å². The first kappa shape index (κ1) is 13.9. The van der Waals surface area contributed by atoms with Crippen LogP contribution in [0.1, 0.15) is 40.5 Å². The third-order valence-corrected chi connectivity index (χ3v) is 2.32. The Morgan fingerprint density at radius 3 is 2.50 bits per heavy atom. The maximum atomic E-state index is 9.63. The second-order valence-corrected chi connectivity index (χ2v) is 4.30. The monoisotopic (exact) mass is 203 g/mol. The molecule has 0 radical (unpaired) electrons. The number of nitrogens with one attached hydrogen (secondary N) is 1. The highest BCUT2D eigenvalue weighted by Gasteiger charge is 2.20. The first-order valence-corrected chi connectivity index (χ1v) is 5.52. The van der Waals surface area contributed by atoms with E-state index in [1.165, 1.54) is 0 Å². The van der Waals surface area contributed by atoms with Gasteiger partial charge in [0.25, 0.3) is 0 Å². The fourth-order valence-corrected chi connectivity index (χ4v) is 0.989. The molecule has 3 heteroatoms. The van der Waals surface area contributed by atoms with Crippen LogP contribution in [-0.2, 0) is 4.74 Å². The second kappa shape index (κ2) is 7.21. The molecule has 0 aromatic rings. The molecule has 0 saturated heterocycles. The molecule has 0 saturated carbocycles. The molecule has 0 aliphatic carbocycles. The Balaban J connectivity index is 3.28. The lowest BCUT2D eigenvalue weighted by molar-refractivity contribution is 0.0430. The van der Waals surface area contributed by atoms with E-state index in [1.807, 2.05) is 20.8 Å². The van der Waals surface area contributed by atoms with Gasteiger partial charge >= 0.3 is 0 Å². The van der Waals surface area contributed by atoms with Crippen molar-refractivity contribution in [3.05, 3.63) is 0 Å². The van der Waals surface area contributed by atoms with Gasteiger partial charge in [-0.05, 0) is 40.2 Å². The maximum absolute atomic E-state index is 9.63. The number of hydrogen-bond acceptors (Lipinski definition) is 3. The zero-order valence-electron chi connectivity index (χ0n) is 9.97. The molecule has 0 spiro atoms. The van der Waals surface area contributed by atoms with Gasteiger partial charge in [0.2, 0.25) is 0 Å². The van der Waals surface area contributed by atoms with Crippen LogP contribution in [-0.4, -0.2) is 36.5 Å². The first-order valence-electron chi connectivity index (χ1n) is 5.52. The number of ether oxygens (including phenoxy) is 1. The molecule has 0 aromatic carbocycles. The zero-order valence-corrected chi connectivity index (χ0v) is 9.97. The van der Waals surface area contributed by atoms with Crippen LogP contribution in [0.5, 0.6) is 0 Å². The van der Waals surface area contributed by atoms with Gasteiger partial charge in [-0.3, -0.25) is 0 Å². The Morgan fingerprint density at radius 2 is 2.00 bits per heavy atom. The third-order valence-electron chi connectivity index (χ3n) is 2.32. The molecule has 0 bridgehead atoms.